The second-order valence-electron chi connectivity index (χ2n) is 29.6. The van der Waals surface area contributed by atoms with Crippen molar-refractivity contribution in [1.29, 1.82) is 0 Å². The zero-order chi connectivity index (χ0) is 87.2. The van der Waals surface area contributed by atoms with Crippen molar-refractivity contribution >= 4 is 168 Å². The molecule has 0 aliphatic carbocycles. The van der Waals surface area contributed by atoms with Crippen LogP contribution in [0.3, 0.4) is 0 Å². The van der Waals surface area contributed by atoms with E-state index in [1.165, 1.54) is 43.1 Å². The van der Waals surface area contributed by atoms with Gasteiger partial charge in [0, 0.05) is 167 Å². The second-order valence-corrected chi connectivity index (χ2v) is 29.6. The number of nitrogens with zero attached hydrogens (tertiary/aromatic N) is 8. The molecule has 30 heteroatoms. The molecule has 28 nitrogen and oxygen atoms in total. The molecular weight excluding hydrogens is 1620 g/mol. The topological polar surface area (TPSA) is 362 Å². The summed E-state index contributed by atoms with van der Waals surface area (Å²) in [6.45, 7) is 1.78. The van der Waals surface area contributed by atoms with Gasteiger partial charge in [0.05, 0.1) is 90.3 Å². The van der Waals surface area contributed by atoms with Crippen LogP contribution in [0, 0.1) is 0 Å². The molecule has 11 aromatic rings. The van der Waals surface area contributed by atoms with E-state index >= 15 is 0 Å². The summed E-state index contributed by atoms with van der Waals surface area (Å²) in [7, 11) is 15.6. The Labute approximate surface area is 728 Å². The first-order valence-electron chi connectivity index (χ1n) is 39.4. The van der Waals surface area contributed by atoms with Crippen molar-refractivity contribution in [1.82, 2.24) is 24.7 Å². The number of aromatic amines is 2. The standard InChI is InChI=1S/2C31H30N4O5.C18H15NO4.C14H19N3O2.2ClH/c2*1-34(2)26(36)13-14-27(37)35-16-15-20-17-22(10-12-25(20)35)32-29(19-7-5-4-6-8-19)28-23-11-9-21(31(39)40-3)18-24(23)33-30(28)38;1-22-16(11-6-4-3-5-7-11)15-13-9-8-12(18(21)23-2)10-14(13)19-17(15)20;1-16(2)13(18)5-6-14(19)17-8-7-10-9-11(15)3-4-12(10)17;;/h2*4-12,17-18,33,38H,13-16H2,1-3H3;3-10H,1-2H3,(H,19,20);3-4,9H,5-8,15H2,1-2H3;2*1H/b;;16-15-;;;. The minimum absolute atomic E-state index is 0. The maximum atomic E-state index is 12.9. The number of esters is 3. The average molecular weight is 1720 g/mol. The van der Waals surface area contributed by atoms with Crippen molar-refractivity contribution in [2.45, 2.75) is 57.8 Å². The minimum atomic E-state index is -0.468. The molecule has 7 amide bonds. The van der Waals surface area contributed by atoms with E-state index in [0.29, 0.717) is 127 Å². The van der Waals surface area contributed by atoms with Crippen molar-refractivity contribution in [2.75, 3.05) is 116 Å². The zero-order valence-corrected chi connectivity index (χ0v) is 71.8. The first-order chi connectivity index (χ1) is 58.7. The number of aromatic hydroxyl groups is 2. The largest absolute Gasteiger partial charge is 0.495 e. The van der Waals surface area contributed by atoms with Crippen LogP contribution in [0.1, 0.15) is 120 Å². The van der Waals surface area contributed by atoms with Gasteiger partial charge >= 0.3 is 17.9 Å². The van der Waals surface area contributed by atoms with Crippen molar-refractivity contribution < 1.29 is 77.1 Å². The van der Waals surface area contributed by atoms with E-state index < -0.39 is 17.9 Å². The lowest BCUT2D eigenvalue weighted by Crippen LogP contribution is -2.30. The fourth-order valence-corrected chi connectivity index (χ4v) is 14.7. The van der Waals surface area contributed by atoms with Gasteiger partial charge in [-0.3, -0.25) is 33.6 Å². The van der Waals surface area contributed by atoms with Crippen molar-refractivity contribution in [3.8, 4) is 11.8 Å². The molecule has 2 aromatic heterocycles. The van der Waals surface area contributed by atoms with Crippen LogP contribution >= 0.6 is 24.8 Å². The Hall–Kier alpha value is -14.4. The zero-order valence-electron chi connectivity index (χ0n) is 70.1. The van der Waals surface area contributed by atoms with E-state index in [1.807, 2.05) is 140 Å². The number of anilines is 5. The fraction of sp³-hybridized carbons (Fsp3) is 0.234. The minimum Gasteiger partial charge on any atom is -0.495 e. The predicted molar refractivity (Wildman–Crippen MR) is 483 cm³/mol. The fourth-order valence-electron chi connectivity index (χ4n) is 14.7. The molecule has 15 rings (SSSR count). The number of carbonyl (C=O) groups excluding carboxylic acids is 10. The Morgan fingerprint density at radius 3 is 1.14 bits per heavy atom. The summed E-state index contributed by atoms with van der Waals surface area (Å²) in [6, 6.07) is 60.5. The highest BCUT2D eigenvalue weighted by Crippen LogP contribution is 2.41. The molecule has 0 atom stereocenters. The number of nitrogen functional groups attached to an aromatic ring is 1. The molecule has 0 fully saturated rings. The van der Waals surface area contributed by atoms with Gasteiger partial charge in [-0.05, 0) is 127 Å². The molecule has 0 spiro atoms. The van der Waals surface area contributed by atoms with Crippen LogP contribution in [-0.2, 0) is 71.8 Å². The molecule has 9 aromatic carbocycles. The van der Waals surface area contributed by atoms with E-state index in [1.54, 1.807) is 118 Å². The number of rotatable bonds is 20. The van der Waals surface area contributed by atoms with E-state index in [0.717, 1.165) is 62.6 Å². The van der Waals surface area contributed by atoms with Gasteiger partial charge in [-0.15, -0.1) is 24.8 Å². The molecule has 0 saturated heterocycles. The summed E-state index contributed by atoms with van der Waals surface area (Å²) in [4.78, 5) is 147. The molecule has 4 aliphatic heterocycles. The molecule has 124 heavy (non-hydrogen) atoms. The Morgan fingerprint density at radius 1 is 0.411 bits per heavy atom. The Kier molecular flexibility index (Phi) is 30.6. The van der Waals surface area contributed by atoms with E-state index in [4.69, 9.17) is 34.7 Å². The van der Waals surface area contributed by atoms with Gasteiger partial charge in [0.1, 0.15) is 5.76 Å². The summed E-state index contributed by atoms with van der Waals surface area (Å²) in [6.07, 6.45) is 3.37. The highest BCUT2D eigenvalue weighted by Gasteiger charge is 2.33. The molecule has 0 saturated carbocycles. The third-order valence-corrected chi connectivity index (χ3v) is 21.1. The molecule has 0 bridgehead atoms. The second kappa shape index (κ2) is 41.3. The SMILES string of the molecule is CN(C)C(=O)CCC(=O)N1CCc2cc(N)ccc21.COC(=O)c1ccc2c(C(=Nc3ccc4c(c3)CCN4C(=O)CCC(=O)N(C)C)c3ccccc3)c(O)[nH]c2c1.COC(=O)c1ccc2c(C(=Nc3ccc4c(c3)CCN4C(=O)CCC(=O)N(C)C)c3ccccc3)c(O)[nH]c2c1.COC(=O)c1ccc2c(c1)NC(=O)/C2=C(\OC)c1ccccc1.Cl.Cl. The smallest absolute Gasteiger partial charge is 0.337 e. The van der Waals surface area contributed by atoms with Gasteiger partial charge in [0.15, 0.2) is 11.8 Å². The van der Waals surface area contributed by atoms with Crippen molar-refractivity contribution in [2.24, 2.45) is 9.98 Å². The van der Waals surface area contributed by atoms with Gasteiger partial charge < -0.3 is 79.6 Å². The van der Waals surface area contributed by atoms with Crippen LogP contribution in [0.25, 0.3) is 33.1 Å². The number of hydrogen-bond donors (Lipinski definition) is 6. The van der Waals surface area contributed by atoms with Crippen LogP contribution in [0.15, 0.2) is 210 Å². The van der Waals surface area contributed by atoms with Crippen LogP contribution in [-0.4, -0.2) is 196 Å². The van der Waals surface area contributed by atoms with Crippen molar-refractivity contribution in [3.05, 3.63) is 267 Å². The number of amides is 7. The number of benzene rings is 9. The van der Waals surface area contributed by atoms with Crippen LogP contribution < -0.4 is 25.8 Å². The average Bonchev–Trinajstić information content (AvgIpc) is 1.62. The molecular formula is C94H96Cl2N12O16. The third kappa shape index (κ3) is 21.0. The number of aromatic nitrogens is 2. The van der Waals surface area contributed by atoms with Gasteiger partial charge in [0.2, 0.25) is 35.4 Å². The predicted octanol–water partition coefficient (Wildman–Crippen LogP) is 14.0. The van der Waals surface area contributed by atoms with E-state index in [9.17, 15) is 58.2 Å². The highest BCUT2D eigenvalue weighted by atomic mass is 35.5. The number of nitrogens with two attached hydrogens (primary N) is 1. The molecule has 7 N–H and O–H groups in total. The lowest BCUT2D eigenvalue weighted by atomic mass is 10.00. The lowest BCUT2D eigenvalue weighted by Gasteiger charge is -2.18. The maximum Gasteiger partial charge on any atom is 0.337 e. The molecule has 642 valence electrons. The molecule has 0 unspecified atom stereocenters. The summed E-state index contributed by atoms with van der Waals surface area (Å²) in [5.74, 6) is -1.62. The van der Waals surface area contributed by atoms with Crippen LogP contribution in [0.4, 0.5) is 39.8 Å². The van der Waals surface area contributed by atoms with E-state index in [2.05, 4.69) is 15.3 Å². The van der Waals surface area contributed by atoms with Crippen molar-refractivity contribution in [3.63, 3.8) is 0 Å². The Morgan fingerprint density at radius 2 is 0.766 bits per heavy atom. The van der Waals surface area contributed by atoms with Crippen LogP contribution in [0.2, 0.25) is 0 Å². The van der Waals surface area contributed by atoms with Gasteiger partial charge in [-0.2, -0.15) is 0 Å². The highest BCUT2D eigenvalue weighted by molar-refractivity contribution is 6.36. The Balaban J connectivity index is 0.000000180. The molecule has 0 radical (unpaired) electrons. The number of hydrogen-bond acceptors (Lipinski definition) is 19. The first-order valence-corrected chi connectivity index (χ1v) is 39.4. The van der Waals surface area contributed by atoms with Crippen LogP contribution in [0.5, 0.6) is 11.8 Å². The van der Waals surface area contributed by atoms with E-state index in [-0.39, 0.29) is 116 Å². The number of methoxy groups -OCH3 is 4. The number of ether oxygens (including phenoxy) is 4. The number of nitrogens with one attached hydrogen (secondary N) is 3. The monoisotopic (exact) mass is 1720 g/mol. The quantitative estimate of drug-likeness (QED) is 0.0103. The van der Waals surface area contributed by atoms with Gasteiger partial charge in [-0.25, -0.2) is 24.4 Å². The molecule has 4 aliphatic rings. The number of halogens is 2. The normalized spacial score (nSPS) is 13.1. The third-order valence-electron chi connectivity index (χ3n) is 21.1. The summed E-state index contributed by atoms with van der Waals surface area (Å²) >= 11 is 0. The number of aliphatic imine (C=N–C) groups is 2. The number of carbonyl (C=O) groups is 10. The first kappa shape index (κ1) is 91.9. The summed E-state index contributed by atoms with van der Waals surface area (Å²) in [5.41, 5.74) is 22.0. The number of fused-ring (bicyclic) bond motifs is 6. The lowest BCUT2D eigenvalue weighted by molar-refractivity contribution is -0.131. The Bertz CT molecular complexity index is 5740. The summed E-state index contributed by atoms with van der Waals surface area (Å²) < 4.78 is 19.8. The van der Waals surface area contributed by atoms with Gasteiger partial charge in [0.25, 0.3) is 5.91 Å². The summed E-state index contributed by atoms with van der Waals surface area (Å²) in [5, 5.41) is 26.1. The number of H-pyrrole nitrogens is 2. The maximum absolute atomic E-state index is 12.9. The molecule has 6 heterocycles. The van der Waals surface area contributed by atoms with Gasteiger partial charge in [-0.1, -0.05) is 109 Å².